The fraction of sp³-hybridized carbons (Fsp3) is 1.00. The van der Waals surface area contributed by atoms with Crippen LogP contribution in [0.2, 0.25) is 0 Å². The molecule has 3 N–H and O–H groups in total. The molecule has 5 unspecified atom stereocenters. The summed E-state index contributed by atoms with van der Waals surface area (Å²) in [6.07, 6.45) is 8.45. The fourth-order valence-corrected chi connectivity index (χ4v) is 5.36. The minimum atomic E-state index is -0.0583. The molecule has 0 aromatic carbocycles. The quantitative estimate of drug-likeness (QED) is 0.823. The van der Waals surface area contributed by atoms with Gasteiger partial charge in [0.1, 0.15) is 0 Å². The highest BCUT2D eigenvalue weighted by atomic mass is 16.3. The summed E-state index contributed by atoms with van der Waals surface area (Å²) in [5, 5.41) is 10.1. The molecule has 0 spiro atoms. The smallest absolute Gasteiger partial charge is 0.0570 e. The predicted octanol–water partition coefficient (Wildman–Crippen LogP) is 2.76. The van der Waals surface area contributed by atoms with Gasteiger partial charge in [0.2, 0.25) is 0 Å². The highest BCUT2D eigenvalue weighted by Crippen LogP contribution is 2.46. The molecule has 2 heterocycles. The van der Waals surface area contributed by atoms with E-state index in [0.717, 1.165) is 25.3 Å². The molecule has 3 aliphatic rings. The molecule has 3 nitrogen and oxygen atoms in total. The molecule has 1 saturated carbocycles. The highest BCUT2D eigenvalue weighted by Gasteiger charge is 2.47. The zero-order valence-corrected chi connectivity index (χ0v) is 14.1. The summed E-state index contributed by atoms with van der Waals surface area (Å²) < 4.78 is 0. The van der Waals surface area contributed by atoms with Gasteiger partial charge in [-0.2, -0.15) is 0 Å². The summed E-state index contributed by atoms with van der Waals surface area (Å²) in [6, 6.07) is 1.91. The fourth-order valence-electron chi connectivity index (χ4n) is 5.36. The molecular formula is C18H34N2O. The largest absolute Gasteiger partial charge is 0.393 e. The van der Waals surface area contributed by atoms with Crippen molar-refractivity contribution in [3.05, 3.63) is 0 Å². The Labute approximate surface area is 130 Å². The number of aliphatic hydroxyl groups is 1. The number of piperidine rings is 1. The van der Waals surface area contributed by atoms with Crippen molar-refractivity contribution in [3.8, 4) is 0 Å². The van der Waals surface area contributed by atoms with Crippen LogP contribution in [0.25, 0.3) is 0 Å². The van der Waals surface area contributed by atoms with Crippen LogP contribution in [-0.2, 0) is 0 Å². The van der Waals surface area contributed by atoms with Crippen LogP contribution in [0.3, 0.4) is 0 Å². The molecule has 21 heavy (non-hydrogen) atoms. The third-order valence-electron chi connectivity index (χ3n) is 6.63. The SMILES string of the molecule is CC(C)(C)C1CCC(CN)C(N2C3CCC2CC(O)C3)C1. The second-order valence-corrected chi connectivity index (χ2v) is 8.90. The van der Waals surface area contributed by atoms with Crippen molar-refractivity contribution in [1.82, 2.24) is 4.90 Å². The van der Waals surface area contributed by atoms with E-state index in [-0.39, 0.29) is 6.10 Å². The van der Waals surface area contributed by atoms with E-state index >= 15 is 0 Å². The van der Waals surface area contributed by atoms with Crippen LogP contribution < -0.4 is 5.73 Å². The Hall–Kier alpha value is -0.120. The standard InChI is InChI=1S/C18H34N2O/c1-18(2,3)13-5-4-12(11-19)17(8-13)20-14-6-7-15(20)10-16(21)9-14/h12-17,21H,4-11,19H2,1-3H3. The van der Waals surface area contributed by atoms with Crippen molar-refractivity contribution in [1.29, 1.82) is 0 Å². The van der Waals surface area contributed by atoms with Gasteiger partial charge in [-0.1, -0.05) is 20.8 Å². The van der Waals surface area contributed by atoms with E-state index in [1.54, 1.807) is 0 Å². The first-order valence-electron chi connectivity index (χ1n) is 9.05. The lowest BCUT2D eigenvalue weighted by molar-refractivity contribution is -0.0344. The van der Waals surface area contributed by atoms with Crippen LogP contribution in [0, 0.1) is 17.3 Å². The van der Waals surface area contributed by atoms with E-state index in [9.17, 15) is 5.11 Å². The lowest BCUT2D eigenvalue weighted by Gasteiger charge is -2.50. The monoisotopic (exact) mass is 294 g/mol. The number of hydrogen-bond acceptors (Lipinski definition) is 3. The summed E-state index contributed by atoms with van der Waals surface area (Å²) in [5.41, 5.74) is 6.53. The Balaban J connectivity index is 1.77. The minimum absolute atomic E-state index is 0.0583. The van der Waals surface area contributed by atoms with Crippen molar-refractivity contribution in [2.45, 2.75) is 89.9 Å². The van der Waals surface area contributed by atoms with Crippen molar-refractivity contribution < 1.29 is 5.11 Å². The predicted molar refractivity (Wildman–Crippen MR) is 87.0 cm³/mol. The number of hydrogen-bond donors (Lipinski definition) is 2. The third kappa shape index (κ3) is 3.02. The van der Waals surface area contributed by atoms with Crippen LogP contribution in [0.4, 0.5) is 0 Å². The molecule has 3 rings (SSSR count). The van der Waals surface area contributed by atoms with Gasteiger partial charge in [0.05, 0.1) is 6.10 Å². The maximum absolute atomic E-state index is 10.1. The van der Waals surface area contributed by atoms with Crippen LogP contribution in [0.1, 0.15) is 65.7 Å². The van der Waals surface area contributed by atoms with Gasteiger partial charge in [0.25, 0.3) is 0 Å². The normalized spacial score (nSPS) is 45.0. The summed E-state index contributed by atoms with van der Waals surface area (Å²) in [6.45, 7) is 8.02. The average molecular weight is 294 g/mol. The summed E-state index contributed by atoms with van der Waals surface area (Å²) >= 11 is 0. The Morgan fingerprint density at radius 3 is 2.14 bits per heavy atom. The van der Waals surface area contributed by atoms with Crippen molar-refractivity contribution in [2.24, 2.45) is 23.0 Å². The average Bonchev–Trinajstić information content (AvgIpc) is 2.69. The van der Waals surface area contributed by atoms with Crippen LogP contribution >= 0.6 is 0 Å². The molecule has 1 aliphatic carbocycles. The first kappa shape index (κ1) is 15.8. The molecule has 122 valence electrons. The van der Waals surface area contributed by atoms with Crippen LogP contribution in [0.15, 0.2) is 0 Å². The van der Waals surface area contributed by atoms with Gasteiger partial charge in [0.15, 0.2) is 0 Å². The molecule has 0 aromatic rings. The first-order chi connectivity index (χ1) is 9.90. The zero-order valence-electron chi connectivity index (χ0n) is 14.1. The molecule has 0 amide bonds. The second-order valence-electron chi connectivity index (χ2n) is 8.90. The summed E-state index contributed by atoms with van der Waals surface area (Å²) in [4.78, 5) is 2.81. The van der Waals surface area contributed by atoms with Gasteiger partial charge in [-0.25, -0.2) is 0 Å². The summed E-state index contributed by atoms with van der Waals surface area (Å²) in [7, 11) is 0. The van der Waals surface area contributed by atoms with E-state index in [1.807, 2.05) is 0 Å². The van der Waals surface area contributed by atoms with E-state index in [4.69, 9.17) is 5.73 Å². The van der Waals surface area contributed by atoms with Crippen molar-refractivity contribution in [3.63, 3.8) is 0 Å². The molecule has 2 bridgehead atoms. The minimum Gasteiger partial charge on any atom is -0.393 e. The van der Waals surface area contributed by atoms with Crippen molar-refractivity contribution in [2.75, 3.05) is 6.54 Å². The Morgan fingerprint density at radius 1 is 1.00 bits per heavy atom. The van der Waals surface area contributed by atoms with E-state index in [2.05, 4.69) is 25.7 Å². The maximum atomic E-state index is 10.1. The Bertz CT molecular complexity index is 351. The Kier molecular flexibility index (Phi) is 4.37. The lowest BCUT2D eigenvalue weighted by atomic mass is 9.67. The third-order valence-corrected chi connectivity index (χ3v) is 6.63. The van der Waals surface area contributed by atoms with Gasteiger partial charge in [-0.3, -0.25) is 4.90 Å². The van der Waals surface area contributed by atoms with E-state index in [1.165, 1.54) is 32.1 Å². The van der Waals surface area contributed by atoms with Gasteiger partial charge in [0, 0.05) is 18.1 Å². The molecule has 0 radical (unpaired) electrons. The Morgan fingerprint density at radius 2 is 1.62 bits per heavy atom. The number of aliphatic hydroxyl groups excluding tert-OH is 1. The molecule has 0 aromatic heterocycles. The van der Waals surface area contributed by atoms with Crippen molar-refractivity contribution >= 4 is 0 Å². The summed E-state index contributed by atoms with van der Waals surface area (Å²) in [5.74, 6) is 1.48. The molecule has 3 fully saturated rings. The maximum Gasteiger partial charge on any atom is 0.0570 e. The molecule has 2 saturated heterocycles. The van der Waals surface area contributed by atoms with Gasteiger partial charge in [-0.05, 0) is 68.7 Å². The number of rotatable bonds is 2. The van der Waals surface area contributed by atoms with E-state index in [0.29, 0.717) is 29.5 Å². The number of nitrogens with two attached hydrogens (primary N) is 1. The van der Waals surface area contributed by atoms with E-state index < -0.39 is 0 Å². The topological polar surface area (TPSA) is 49.5 Å². The lowest BCUT2D eigenvalue weighted by Crippen LogP contribution is -2.56. The second kappa shape index (κ2) is 5.82. The van der Waals surface area contributed by atoms with Gasteiger partial charge < -0.3 is 10.8 Å². The molecule has 5 atom stereocenters. The zero-order chi connectivity index (χ0) is 15.2. The molecule has 2 aliphatic heterocycles. The van der Waals surface area contributed by atoms with Gasteiger partial charge >= 0.3 is 0 Å². The van der Waals surface area contributed by atoms with Gasteiger partial charge in [-0.15, -0.1) is 0 Å². The number of fused-ring (bicyclic) bond motifs is 2. The first-order valence-corrected chi connectivity index (χ1v) is 9.05. The van der Waals surface area contributed by atoms with Crippen LogP contribution in [-0.4, -0.2) is 40.8 Å². The molecular weight excluding hydrogens is 260 g/mol. The highest BCUT2D eigenvalue weighted by molar-refractivity contribution is 5.02. The number of nitrogens with zero attached hydrogens (tertiary/aromatic N) is 1. The van der Waals surface area contributed by atoms with Crippen LogP contribution in [0.5, 0.6) is 0 Å². The molecule has 3 heteroatoms.